The summed E-state index contributed by atoms with van der Waals surface area (Å²) in [5, 5.41) is 1.41. The first kappa shape index (κ1) is 17.6. The molecule has 0 N–H and O–H groups in total. The Hall–Kier alpha value is -2.25. The highest BCUT2D eigenvalue weighted by Gasteiger charge is 2.23. The quantitative estimate of drug-likeness (QED) is 0.592. The smallest absolute Gasteiger partial charge is 0.266 e. The van der Waals surface area contributed by atoms with Crippen LogP contribution in [-0.4, -0.2) is 20.0 Å². The first-order valence-electron chi connectivity index (χ1n) is 8.97. The standard InChI is InChI=1S/C21H25NO2Si/c1-5-16-11-17(13-22(3)21(16)23)19-12-18(25(4)6-2)9-10-20(19)24-14-15-7-8-15/h1,9-13,15,25H,6-8,14H2,2-4H3. The van der Waals surface area contributed by atoms with Gasteiger partial charge in [0.05, 0.1) is 21.0 Å². The van der Waals surface area contributed by atoms with Gasteiger partial charge in [-0.1, -0.05) is 42.8 Å². The highest BCUT2D eigenvalue weighted by atomic mass is 28.3. The lowest BCUT2D eigenvalue weighted by Crippen LogP contribution is -2.25. The summed E-state index contributed by atoms with van der Waals surface area (Å²) < 4.78 is 7.66. The summed E-state index contributed by atoms with van der Waals surface area (Å²) in [7, 11) is 0.795. The summed E-state index contributed by atoms with van der Waals surface area (Å²) in [5.74, 6) is 4.09. The van der Waals surface area contributed by atoms with Gasteiger partial charge in [-0.15, -0.1) is 6.42 Å². The van der Waals surface area contributed by atoms with Gasteiger partial charge >= 0.3 is 0 Å². The van der Waals surface area contributed by atoms with Crippen LogP contribution in [0.5, 0.6) is 5.75 Å². The molecule has 1 unspecified atom stereocenters. The van der Waals surface area contributed by atoms with E-state index in [0.717, 1.165) is 23.5 Å². The van der Waals surface area contributed by atoms with E-state index in [4.69, 9.17) is 11.2 Å². The average molecular weight is 352 g/mol. The number of hydrogen-bond donors (Lipinski definition) is 0. The maximum atomic E-state index is 12.1. The minimum atomic E-state index is -0.945. The minimum Gasteiger partial charge on any atom is -0.493 e. The fraction of sp³-hybridized carbons (Fsp3) is 0.381. The summed E-state index contributed by atoms with van der Waals surface area (Å²) in [6, 6.07) is 9.56. The molecule has 2 aromatic rings. The molecular formula is C21H25NO2Si. The van der Waals surface area contributed by atoms with Gasteiger partial charge in [-0.25, -0.2) is 0 Å². The second-order valence-electron chi connectivity index (χ2n) is 7.02. The maximum absolute atomic E-state index is 12.1. The lowest BCUT2D eigenvalue weighted by Gasteiger charge is -2.16. The van der Waals surface area contributed by atoms with Crippen LogP contribution in [0.15, 0.2) is 35.3 Å². The monoisotopic (exact) mass is 351 g/mol. The third kappa shape index (κ3) is 3.88. The van der Waals surface area contributed by atoms with Gasteiger partial charge in [-0.05, 0) is 30.9 Å². The van der Waals surface area contributed by atoms with Crippen LogP contribution in [0.1, 0.15) is 25.3 Å². The lowest BCUT2D eigenvalue weighted by molar-refractivity contribution is 0.301. The molecule has 4 heteroatoms. The first-order valence-corrected chi connectivity index (χ1v) is 11.5. The molecule has 1 aliphatic rings. The van der Waals surface area contributed by atoms with Crippen LogP contribution >= 0.6 is 0 Å². The lowest BCUT2D eigenvalue weighted by atomic mass is 10.0. The summed E-state index contributed by atoms with van der Waals surface area (Å²) in [6.45, 7) is 5.37. The van der Waals surface area contributed by atoms with Gasteiger partial charge in [0.15, 0.2) is 0 Å². The topological polar surface area (TPSA) is 31.2 Å². The predicted molar refractivity (Wildman–Crippen MR) is 106 cm³/mol. The molecule has 130 valence electrons. The van der Waals surface area contributed by atoms with E-state index in [0.29, 0.717) is 11.5 Å². The number of pyridine rings is 1. The number of ether oxygens (including phenoxy) is 1. The maximum Gasteiger partial charge on any atom is 0.266 e. The van der Waals surface area contributed by atoms with Gasteiger partial charge in [0.2, 0.25) is 0 Å². The number of nitrogens with zero attached hydrogens (tertiary/aromatic N) is 1. The molecule has 1 aliphatic carbocycles. The molecule has 0 bridgehead atoms. The number of aryl methyl sites for hydroxylation is 1. The molecule has 1 fully saturated rings. The number of hydrogen-bond acceptors (Lipinski definition) is 2. The molecule has 1 saturated carbocycles. The van der Waals surface area contributed by atoms with Gasteiger partial charge in [0, 0.05) is 24.4 Å². The molecule has 1 aromatic heterocycles. The highest BCUT2D eigenvalue weighted by Crippen LogP contribution is 2.33. The first-order chi connectivity index (χ1) is 12.0. The van der Waals surface area contributed by atoms with Crippen molar-refractivity contribution < 1.29 is 4.74 Å². The molecule has 1 atom stereocenters. The Morgan fingerprint density at radius 1 is 1.36 bits per heavy atom. The van der Waals surface area contributed by atoms with Crippen molar-refractivity contribution >= 4 is 14.0 Å². The van der Waals surface area contributed by atoms with Crippen LogP contribution in [0, 0.1) is 18.3 Å². The van der Waals surface area contributed by atoms with Gasteiger partial charge < -0.3 is 9.30 Å². The van der Waals surface area contributed by atoms with Crippen LogP contribution < -0.4 is 15.5 Å². The third-order valence-electron chi connectivity index (χ3n) is 5.01. The van der Waals surface area contributed by atoms with Crippen molar-refractivity contribution in [3.8, 4) is 29.2 Å². The Morgan fingerprint density at radius 2 is 2.12 bits per heavy atom. The predicted octanol–water partition coefficient (Wildman–Crippen LogP) is 2.91. The van der Waals surface area contributed by atoms with Gasteiger partial charge in [0.1, 0.15) is 5.75 Å². The van der Waals surface area contributed by atoms with Crippen LogP contribution in [-0.2, 0) is 7.05 Å². The van der Waals surface area contributed by atoms with Crippen LogP contribution in [0.25, 0.3) is 11.1 Å². The summed E-state index contributed by atoms with van der Waals surface area (Å²) in [4.78, 5) is 12.1. The van der Waals surface area contributed by atoms with Gasteiger partial charge in [-0.3, -0.25) is 4.79 Å². The van der Waals surface area contributed by atoms with Crippen molar-refractivity contribution in [2.24, 2.45) is 13.0 Å². The van der Waals surface area contributed by atoms with Crippen molar-refractivity contribution in [1.82, 2.24) is 4.57 Å². The molecular weight excluding hydrogens is 326 g/mol. The van der Waals surface area contributed by atoms with E-state index in [9.17, 15) is 4.79 Å². The zero-order valence-electron chi connectivity index (χ0n) is 15.2. The fourth-order valence-corrected chi connectivity index (χ4v) is 4.24. The van der Waals surface area contributed by atoms with E-state index in [1.54, 1.807) is 11.6 Å². The molecule has 25 heavy (non-hydrogen) atoms. The summed E-state index contributed by atoms with van der Waals surface area (Å²) in [5.41, 5.74) is 2.23. The van der Waals surface area contributed by atoms with Gasteiger partial charge in [0.25, 0.3) is 5.56 Å². The third-order valence-corrected chi connectivity index (χ3v) is 7.73. The van der Waals surface area contributed by atoms with E-state index >= 15 is 0 Å². The second-order valence-corrected chi connectivity index (χ2v) is 10.3. The largest absolute Gasteiger partial charge is 0.493 e. The molecule has 3 nitrogen and oxygen atoms in total. The molecule has 1 heterocycles. The van der Waals surface area contributed by atoms with Crippen molar-refractivity contribution in [3.05, 3.63) is 46.4 Å². The van der Waals surface area contributed by atoms with Crippen molar-refractivity contribution in [3.63, 3.8) is 0 Å². The van der Waals surface area contributed by atoms with Crippen LogP contribution in [0.3, 0.4) is 0 Å². The van der Waals surface area contributed by atoms with Gasteiger partial charge in [-0.2, -0.15) is 0 Å². The number of terminal acetylenes is 1. The average Bonchev–Trinajstić information content (AvgIpc) is 3.45. The van der Waals surface area contributed by atoms with Crippen LogP contribution in [0.4, 0.5) is 0 Å². The molecule has 0 amide bonds. The van der Waals surface area contributed by atoms with E-state index in [1.807, 2.05) is 12.3 Å². The molecule has 0 radical (unpaired) electrons. The minimum absolute atomic E-state index is 0.140. The molecule has 0 spiro atoms. The summed E-state index contributed by atoms with van der Waals surface area (Å²) in [6.07, 6.45) is 9.89. The Morgan fingerprint density at radius 3 is 2.76 bits per heavy atom. The zero-order valence-corrected chi connectivity index (χ0v) is 16.4. The number of aromatic nitrogens is 1. The molecule has 1 aromatic carbocycles. The van der Waals surface area contributed by atoms with E-state index in [2.05, 4.69) is 37.6 Å². The van der Waals surface area contributed by atoms with Crippen molar-refractivity contribution in [2.45, 2.75) is 32.4 Å². The number of benzene rings is 1. The SMILES string of the molecule is C#Cc1cc(-c2cc([SiH](C)CC)ccc2OCC2CC2)cn(C)c1=O. The normalized spacial score (nSPS) is 14.8. The van der Waals surface area contributed by atoms with Crippen molar-refractivity contribution in [2.75, 3.05) is 6.61 Å². The second kappa shape index (κ2) is 7.33. The Kier molecular flexibility index (Phi) is 5.15. The van der Waals surface area contributed by atoms with Crippen molar-refractivity contribution in [1.29, 1.82) is 0 Å². The fourth-order valence-electron chi connectivity index (χ4n) is 2.90. The summed E-state index contributed by atoms with van der Waals surface area (Å²) >= 11 is 0. The molecule has 0 saturated heterocycles. The highest BCUT2D eigenvalue weighted by molar-refractivity contribution is 6.72. The number of rotatable bonds is 6. The van der Waals surface area contributed by atoms with E-state index in [-0.39, 0.29) is 5.56 Å². The van der Waals surface area contributed by atoms with E-state index < -0.39 is 8.80 Å². The molecule has 3 rings (SSSR count). The van der Waals surface area contributed by atoms with E-state index in [1.165, 1.54) is 24.1 Å². The zero-order chi connectivity index (χ0) is 18.0. The Bertz CT molecular complexity index is 874. The van der Waals surface area contributed by atoms with Crippen LogP contribution in [0.2, 0.25) is 12.6 Å². The Balaban J connectivity index is 2.08. The molecule has 0 aliphatic heterocycles. The Labute approximate surface area is 151 Å².